The molecule has 0 aromatic rings. The smallest absolute Gasteiger partial charge is 0.0418 e. The summed E-state index contributed by atoms with van der Waals surface area (Å²) in [6, 6.07) is 0. The minimum absolute atomic E-state index is 0. The Kier molecular flexibility index (Phi) is 9.75. The van der Waals surface area contributed by atoms with Crippen LogP contribution in [0, 0.1) is 0 Å². The van der Waals surface area contributed by atoms with Crippen molar-refractivity contribution in [2.45, 2.75) is 0 Å². The maximum absolute atomic E-state index is 3.19. The van der Waals surface area contributed by atoms with Crippen LogP contribution >= 0.6 is 35.9 Å². The Hall–Kier alpha value is 0.910. The zero-order valence-corrected chi connectivity index (χ0v) is 8.92. The summed E-state index contributed by atoms with van der Waals surface area (Å²) in [7, 11) is 0. The van der Waals surface area contributed by atoms with Crippen LogP contribution in [-0.2, 0) is 0 Å². The topological polar surface area (TPSA) is 24.1 Å². The highest BCUT2D eigenvalue weighted by atomic mass is 35.5. The van der Waals surface area contributed by atoms with E-state index in [2.05, 4.69) is 10.6 Å². The molecule has 11 heavy (non-hydrogen) atoms. The van der Waals surface area contributed by atoms with Crippen LogP contribution in [0.1, 0.15) is 0 Å². The Balaban J connectivity index is 0.000000167. The third kappa shape index (κ3) is 7.28. The fraction of sp³-hybridized carbons (Fsp3) is 1.00. The number of nitrogens with one attached hydrogen (secondary N) is 2. The second-order valence-electron chi connectivity index (χ2n) is 2.11. The summed E-state index contributed by atoms with van der Waals surface area (Å²) in [6.45, 7) is 2.43. The molecule has 0 radical (unpaired) electrons. The summed E-state index contributed by atoms with van der Waals surface area (Å²) in [6.07, 6.45) is 0. The summed E-state index contributed by atoms with van der Waals surface area (Å²) in [5, 5.41) is 6.37. The van der Waals surface area contributed by atoms with Crippen molar-refractivity contribution in [3.05, 3.63) is 0 Å². The van der Waals surface area contributed by atoms with Crippen molar-refractivity contribution in [1.82, 2.24) is 10.6 Å². The van der Waals surface area contributed by atoms with Crippen molar-refractivity contribution in [2.24, 2.45) is 0 Å². The Labute approximate surface area is 83.1 Å². The van der Waals surface area contributed by atoms with Gasteiger partial charge >= 0.3 is 0 Å². The van der Waals surface area contributed by atoms with Gasteiger partial charge in [-0.05, 0) is 0 Å². The molecule has 2 rings (SSSR count). The van der Waals surface area contributed by atoms with E-state index in [1.54, 1.807) is 0 Å². The Morgan fingerprint density at radius 1 is 0.818 bits per heavy atom. The molecule has 2 heterocycles. The number of rotatable bonds is 0. The zero-order valence-electron chi connectivity index (χ0n) is 6.47. The molecule has 68 valence electrons. The number of hydrogen-bond acceptors (Lipinski definition) is 4. The molecule has 0 atom stereocenters. The molecule has 2 aliphatic heterocycles. The molecule has 2 N–H and O–H groups in total. The van der Waals surface area contributed by atoms with E-state index < -0.39 is 0 Å². The molecular formula is C6H15ClN2S2. The molecule has 0 amide bonds. The lowest BCUT2D eigenvalue weighted by atomic mass is 10.8. The molecule has 0 spiro atoms. The lowest BCUT2D eigenvalue weighted by Crippen LogP contribution is -2.04. The van der Waals surface area contributed by atoms with Crippen LogP contribution in [0.4, 0.5) is 0 Å². The van der Waals surface area contributed by atoms with Crippen LogP contribution in [0.2, 0.25) is 0 Å². The first-order valence-electron chi connectivity index (χ1n) is 3.57. The summed E-state index contributed by atoms with van der Waals surface area (Å²) in [4.78, 5) is 0. The van der Waals surface area contributed by atoms with Crippen LogP contribution in [0.5, 0.6) is 0 Å². The number of thioether (sulfide) groups is 2. The van der Waals surface area contributed by atoms with Crippen molar-refractivity contribution < 1.29 is 0 Å². The monoisotopic (exact) mass is 214 g/mol. The molecule has 0 bridgehead atoms. The van der Waals surface area contributed by atoms with Crippen molar-refractivity contribution in [1.29, 1.82) is 0 Å². The average Bonchev–Trinajstić information content (AvgIpc) is 2.67. The highest BCUT2D eigenvalue weighted by Crippen LogP contribution is 2.00. The predicted molar refractivity (Wildman–Crippen MR) is 57.9 cm³/mol. The molecule has 0 saturated carbocycles. The summed E-state index contributed by atoms with van der Waals surface area (Å²) in [5.41, 5.74) is 0. The van der Waals surface area contributed by atoms with Crippen LogP contribution in [0.25, 0.3) is 0 Å². The molecule has 2 fully saturated rings. The largest absolute Gasteiger partial charge is 0.307 e. The highest BCUT2D eigenvalue weighted by molar-refractivity contribution is 7.99. The van der Waals surface area contributed by atoms with Crippen LogP contribution in [-0.4, -0.2) is 36.3 Å². The molecular weight excluding hydrogens is 200 g/mol. The van der Waals surface area contributed by atoms with E-state index >= 15 is 0 Å². The minimum Gasteiger partial charge on any atom is -0.307 e. The Morgan fingerprint density at radius 2 is 1.27 bits per heavy atom. The average molecular weight is 215 g/mol. The molecule has 0 aliphatic carbocycles. The van der Waals surface area contributed by atoms with Gasteiger partial charge in [0.25, 0.3) is 0 Å². The predicted octanol–water partition coefficient (Wildman–Crippen LogP) is 0.982. The minimum atomic E-state index is 0. The lowest BCUT2D eigenvalue weighted by molar-refractivity contribution is 0.885. The van der Waals surface area contributed by atoms with Crippen molar-refractivity contribution in [2.75, 3.05) is 36.3 Å². The normalized spacial score (nSPS) is 21.8. The van der Waals surface area contributed by atoms with E-state index in [-0.39, 0.29) is 12.4 Å². The second-order valence-corrected chi connectivity index (χ2v) is 4.32. The van der Waals surface area contributed by atoms with Gasteiger partial charge in [0.2, 0.25) is 0 Å². The maximum Gasteiger partial charge on any atom is 0.0418 e. The van der Waals surface area contributed by atoms with Crippen LogP contribution in [0.15, 0.2) is 0 Å². The van der Waals surface area contributed by atoms with E-state index in [9.17, 15) is 0 Å². The van der Waals surface area contributed by atoms with E-state index in [0.29, 0.717) is 0 Å². The highest BCUT2D eigenvalue weighted by Gasteiger charge is 1.93. The van der Waals surface area contributed by atoms with E-state index in [1.807, 2.05) is 23.5 Å². The summed E-state index contributed by atoms with van der Waals surface area (Å²) in [5.74, 6) is 4.94. The van der Waals surface area contributed by atoms with E-state index in [1.165, 1.54) is 36.3 Å². The van der Waals surface area contributed by atoms with Gasteiger partial charge in [-0.2, -0.15) is 0 Å². The van der Waals surface area contributed by atoms with Crippen molar-refractivity contribution >= 4 is 35.9 Å². The van der Waals surface area contributed by atoms with Gasteiger partial charge in [0, 0.05) is 36.3 Å². The third-order valence-electron chi connectivity index (χ3n) is 1.25. The number of hydrogen-bond donors (Lipinski definition) is 2. The van der Waals surface area contributed by atoms with Gasteiger partial charge in [-0.15, -0.1) is 35.9 Å². The van der Waals surface area contributed by atoms with Gasteiger partial charge in [0.1, 0.15) is 0 Å². The van der Waals surface area contributed by atoms with Gasteiger partial charge in [0.05, 0.1) is 0 Å². The number of halogens is 1. The van der Waals surface area contributed by atoms with Crippen molar-refractivity contribution in [3.63, 3.8) is 0 Å². The second kappa shape index (κ2) is 9.00. The molecule has 0 aromatic carbocycles. The molecule has 0 unspecified atom stereocenters. The van der Waals surface area contributed by atoms with Gasteiger partial charge in [-0.1, -0.05) is 0 Å². The first-order valence-corrected chi connectivity index (χ1v) is 5.88. The molecule has 2 saturated heterocycles. The van der Waals surface area contributed by atoms with Crippen LogP contribution < -0.4 is 10.6 Å². The standard InChI is InChI=1S/2C3H7NS.ClH/c2*1-2-5-3-4-1;/h2*4H,1-3H2;1H. The van der Waals surface area contributed by atoms with Crippen molar-refractivity contribution in [3.8, 4) is 0 Å². The molecule has 5 heteroatoms. The van der Waals surface area contributed by atoms with Gasteiger partial charge in [-0.25, -0.2) is 0 Å². The fourth-order valence-corrected chi connectivity index (χ4v) is 2.17. The van der Waals surface area contributed by atoms with Crippen LogP contribution in [0.3, 0.4) is 0 Å². The maximum atomic E-state index is 3.19. The molecule has 0 aromatic heterocycles. The quantitative estimate of drug-likeness (QED) is 0.628. The zero-order chi connectivity index (χ0) is 7.07. The van der Waals surface area contributed by atoms with Gasteiger partial charge in [-0.3, -0.25) is 0 Å². The SMILES string of the molecule is C1CSCN1.C1CSCN1.Cl. The first kappa shape index (κ1) is 11.9. The van der Waals surface area contributed by atoms with E-state index in [4.69, 9.17) is 0 Å². The Morgan fingerprint density at radius 3 is 1.36 bits per heavy atom. The summed E-state index contributed by atoms with van der Waals surface area (Å²) >= 11 is 3.93. The fourth-order valence-electron chi connectivity index (χ4n) is 0.722. The summed E-state index contributed by atoms with van der Waals surface area (Å²) < 4.78 is 0. The van der Waals surface area contributed by atoms with E-state index in [0.717, 1.165) is 0 Å². The van der Waals surface area contributed by atoms with Gasteiger partial charge < -0.3 is 10.6 Å². The molecule has 2 nitrogen and oxygen atoms in total. The third-order valence-corrected chi connectivity index (χ3v) is 3.06. The van der Waals surface area contributed by atoms with Gasteiger partial charge in [0.15, 0.2) is 0 Å². The first-order chi connectivity index (χ1) is 5.00. The lowest BCUT2D eigenvalue weighted by Gasteiger charge is -1.74. The Bertz CT molecular complexity index is 51.8. The molecule has 2 aliphatic rings.